The molecule has 1 aromatic carbocycles. The van der Waals surface area contributed by atoms with Crippen molar-refractivity contribution in [1.82, 2.24) is 5.32 Å². The van der Waals surface area contributed by atoms with Crippen LogP contribution in [0.1, 0.15) is 25.8 Å². The molecular weight excluding hydrogens is 356 g/mol. The van der Waals surface area contributed by atoms with Gasteiger partial charge in [0.05, 0.1) is 6.61 Å². The maximum Gasteiger partial charge on any atom is 0.244 e. The van der Waals surface area contributed by atoms with E-state index in [0.29, 0.717) is 13.2 Å². The molecule has 0 spiro atoms. The fourth-order valence-electron chi connectivity index (χ4n) is 2.25. The monoisotopic (exact) mass is 376 g/mol. The van der Waals surface area contributed by atoms with Crippen molar-refractivity contribution in [3.8, 4) is 0 Å². The molecule has 0 aromatic heterocycles. The van der Waals surface area contributed by atoms with E-state index in [2.05, 4.69) is 28.2 Å². The highest BCUT2D eigenvalue weighted by atomic mass is 79.9. The molecule has 0 bridgehead atoms. The van der Waals surface area contributed by atoms with Gasteiger partial charge in [0.1, 0.15) is 5.54 Å². The molecule has 3 N–H and O–H groups in total. The Morgan fingerprint density at radius 3 is 2.62 bits per heavy atom. The van der Waals surface area contributed by atoms with Crippen molar-refractivity contribution in [2.75, 3.05) is 19.8 Å². The summed E-state index contributed by atoms with van der Waals surface area (Å²) in [5.74, 6) is -0.159. The lowest BCUT2D eigenvalue weighted by Gasteiger charge is -2.28. The van der Waals surface area contributed by atoms with Crippen molar-refractivity contribution in [2.24, 2.45) is 11.1 Å². The number of benzene rings is 1. The molecular formula is C15H22BrClN2O2. The van der Waals surface area contributed by atoms with Gasteiger partial charge in [0.15, 0.2) is 0 Å². The number of carbonyl (C=O) groups excluding carboxylic acids is 1. The normalized spacial score (nSPS) is 24.0. The van der Waals surface area contributed by atoms with Crippen LogP contribution in [0.15, 0.2) is 28.7 Å². The summed E-state index contributed by atoms with van der Waals surface area (Å²) in [6.07, 6.45) is 0.965. The second kappa shape index (κ2) is 7.09. The number of nitrogens with two attached hydrogens (primary N) is 1. The van der Waals surface area contributed by atoms with Crippen LogP contribution in [0.25, 0.3) is 0 Å². The van der Waals surface area contributed by atoms with E-state index in [1.54, 1.807) is 6.92 Å². The topological polar surface area (TPSA) is 64.4 Å². The molecule has 1 heterocycles. The van der Waals surface area contributed by atoms with Crippen molar-refractivity contribution < 1.29 is 9.53 Å². The molecule has 1 aliphatic rings. The number of rotatable bonds is 4. The van der Waals surface area contributed by atoms with Gasteiger partial charge in [-0.15, -0.1) is 12.4 Å². The third-order valence-electron chi connectivity index (χ3n) is 3.89. The first-order valence-corrected chi connectivity index (χ1v) is 7.54. The van der Waals surface area contributed by atoms with E-state index in [-0.39, 0.29) is 23.7 Å². The van der Waals surface area contributed by atoms with Gasteiger partial charge in [-0.2, -0.15) is 0 Å². The Hall–Kier alpha value is -0.620. The largest absolute Gasteiger partial charge is 0.381 e. The van der Waals surface area contributed by atoms with Gasteiger partial charge in [-0.25, -0.2) is 0 Å². The van der Waals surface area contributed by atoms with Crippen LogP contribution in [0.3, 0.4) is 0 Å². The lowest BCUT2D eigenvalue weighted by atomic mass is 9.88. The van der Waals surface area contributed by atoms with E-state index in [1.807, 2.05) is 24.3 Å². The van der Waals surface area contributed by atoms with Gasteiger partial charge in [0.2, 0.25) is 5.91 Å². The third kappa shape index (κ3) is 4.42. The summed E-state index contributed by atoms with van der Waals surface area (Å²) in [6.45, 7) is 5.90. The minimum Gasteiger partial charge on any atom is -0.381 e. The molecule has 1 saturated heterocycles. The van der Waals surface area contributed by atoms with Gasteiger partial charge in [0, 0.05) is 23.0 Å². The van der Waals surface area contributed by atoms with Gasteiger partial charge in [-0.3, -0.25) is 4.79 Å². The number of ether oxygens (including phenoxy) is 1. The predicted molar refractivity (Wildman–Crippen MR) is 89.5 cm³/mol. The number of hydrogen-bond donors (Lipinski definition) is 2. The zero-order valence-corrected chi connectivity index (χ0v) is 14.7. The zero-order valence-electron chi connectivity index (χ0n) is 12.3. The summed E-state index contributed by atoms with van der Waals surface area (Å²) in [7, 11) is 0. The molecule has 2 unspecified atom stereocenters. The number of amides is 1. The van der Waals surface area contributed by atoms with E-state index in [0.717, 1.165) is 23.1 Å². The Morgan fingerprint density at radius 1 is 1.48 bits per heavy atom. The maximum absolute atomic E-state index is 12.4. The third-order valence-corrected chi connectivity index (χ3v) is 4.42. The first-order chi connectivity index (χ1) is 9.33. The summed E-state index contributed by atoms with van der Waals surface area (Å²) < 4.78 is 6.35. The van der Waals surface area contributed by atoms with Gasteiger partial charge in [-0.1, -0.05) is 35.0 Å². The van der Waals surface area contributed by atoms with Gasteiger partial charge in [0.25, 0.3) is 0 Å². The maximum atomic E-state index is 12.4. The predicted octanol–water partition coefficient (Wildman–Crippen LogP) is 2.59. The number of halogens is 2. The van der Waals surface area contributed by atoms with Crippen LogP contribution < -0.4 is 11.1 Å². The summed E-state index contributed by atoms with van der Waals surface area (Å²) in [5, 5.41) is 2.96. The Balaban J connectivity index is 0.00000220. The molecule has 0 saturated carbocycles. The average Bonchev–Trinajstić information content (AvgIpc) is 2.84. The van der Waals surface area contributed by atoms with Crippen LogP contribution in [0.2, 0.25) is 0 Å². The molecule has 1 aliphatic heterocycles. The second-order valence-corrected chi connectivity index (χ2v) is 6.92. The Bertz CT molecular complexity index is 485. The highest BCUT2D eigenvalue weighted by Gasteiger charge is 2.34. The lowest BCUT2D eigenvalue weighted by Crippen LogP contribution is -2.51. The van der Waals surface area contributed by atoms with E-state index in [9.17, 15) is 4.79 Å². The average molecular weight is 378 g/mol. The molecule has 1 amide bonds. The SMILES string of the molecule is CC1(CNC(=O)C(C)(N)c2ccc(Br)cc2)CCOC1.Cl. The number of nitrogens with one attached hydrogen (secondary N) is 1. The fraction of sp³-hybridized carbons (Fsp3) is 0.533. The summed E-state index contributed by atoms with van der Waals surface area (Å²) >= 11 is 3.38. The van der Waals surface area contributed by atoms with Crippen molar-refractivity contribution in [3.63, 3.8) is 0 Å². The van der Waals surface area contributed by atoms with Crippen LogP contribution in [-0.4, -0.2) is 25.7 Å². The summed E-state index contributed by atoms with van der Waals surface area (Å²) in [4.78, 5) is 12.4. The Labute approximate surface area is 140 Å². The van der Waals surface area contributed by atoms with E-state index in [4.69, 9.17) is 10.5 Å². The highest BCUT2D eigenvalue weighted by molar-refractivity contribution is 9.10. The summed E-state index contributed by atoms with van der Waals surface area (Å²) in [6, 6.07) is 7.51. The van der Waals surface area contributed by atoms with Crippen molar-refractivity contribution >= 4 is 34.2 Å². The molecule has 118 valence electrons. The quantitative estimate of drug-likeness (QED) is 0.847. The van der Waals surface area contributed by atoms with Crippen LogP contribution in [-0.2, 0) is 15.1 Å². The Morgan fingerprint density at radius 2 is 2.10 bits per heavy atom. The van der Waals surface area contributed by atoms with Crippen molar-refractivity contribution in [3.05, 3.63) is 34.3 Å². The van der Waals surface area contributed by atoms with E-state index < -0.39 is 5.54 Å². The number of carbonyl (C=O) groups is 1. The fourth-order valence-corrected chi connectivity index (χ4v) is 2.52. The molecule has 0 radical (unpaired) electrons. The lowest BCUT2D eigenvalue weighted by molar-refractivity contribution is -0.126. The van der Waals surface area contributed by atoms with Gasteiger partial charge < -0.3 is 15.8 Å². The van der Waals surface area contributed by atoms with Gasteiger partial charge >= 0.3 is 0 Å². The Kier molecular flexibility index (Phi) is 6.23. The van der Waals surface area contributed by atoms with Crippen LogP contribution in [0, 0.1) is 5.41 Å². The molecule has 4 nitrogen and oxygen atoms in total. The zero-order chi connectivity index (χ0) is 14.8. The van der Waals surface area contributed by atoms with E-state index >= 15 is 0 Å². The first kappa shape index (κ1) is 18.4. The second-order valence-electron chi connectivity index (χ2n) is 6.01. The van der Waals surface area contributed by atoms with Crippen LogP contribution >= 0.6 is 28.3 Å². The molecule has 1 fully saturated rings. The van der Waals surface area contributed by atoms with Crippen LogP contribution in [0.4, 0.5) is 0 Å². The van der Waals surface area contributed by atoms with Crippen molar-refractivity contribution in [1.29, 1.82) is 0 Å². The molecule has 1 aromatic rings. The van der Waals surface area contributed by atoms with Gasteiger partial charge in [-0.05, 0) is 31.0 Å². The highest BCUT2D eigenvalue weighted by Crippen LogP contribution is 2.27. The summed E-state index contributed by atoms with van der Waals surface area (Å²) in [5.41, 5.74) is 5.99. The smallest absolute Gasteiger partial charge is 0.244 e. The standard InChI is InChI=1S/C15H21BrN2O2.ClH/c1-14(7-8-20-10-14)9-18-13(19)15(2,17)11-3-5-12(16)6-4-11;/h3-6H,7-10,17H2,1-2H3,(H,18,19);1H. The molecule has 21 heavy (non-hydrogen) atoms. The van der Waals surface area contributed by atoms with Crippen molar-refractivity contribution in [2.45, 2.75) is 25.8 Å². The number of hydrogen-bond acceptors (Lipinski definition) is 3. The minimum atomic E-state index is -1.03. The molecule has 6 heteroatoms. The van der Waals surface area contributed by atoms with Crippen LogP contribution in [0.5, 0.6) is 0 Å². The van der Waals surface area contributed by atoms with E-state index in [1.165, 1.54) is 0 Å². The molecule has 2 atom stereocenters. The first-order valence-electron chi connectivity index (χ1n) is 6.74. The minimum absolute atomic E-state index is 0. The molecule has 2 rings (SSSR count). The molecule has 0 aliphatic carbocycles.